The first-order valence-electron chi connectivity index (χ1n) is 18.6. The zero-order chi connectivity index (χ0) is 39.4. The van der Waals surface area contributed by atoms with Gasteiger partial charge in [0, 0.05) is 47.6 Å². The van der Waals surface area contributed by atoms with Crippen LogP contribution in [0.5, 0.6) is 5.75 Å². The van der Waals surface area contributed by atoms with Crippen molar-refractivity contribution < 1.29 is 33.2 Å². The summed E-state index contributed by atoms with van der Waals surface area (Å²) in [4.78, 5) is 42.9. The Kier molecular flexibility index (Phi) is 9.54. The van der Waals surface area contributed by atoms with Crippen LogP contribution in [0.15, 0.2) is 103 Å². The van der Waals surface area contributed by atoms with Crippen molar-refractivity contribution in [2.75, 3.05) is 23.0 Å². The van der Waals surface area contributed by atoms with Gasteiger partial charge in [-0.25, -0.2) is 0 Å². The number of ether oxygens (including phenoxy) is 2. The Morgan fingerprint density at radius 1 is 1.02 bits per heavy atom. The van der Waals surface area contributed by atoms with E-state index in [2.05, 4.69) is 10.3 Å². The summed E-state index contributed by atoms with van der Waals surface area (Å²) in [5, 5.41) is 30.9. The maximum absolute atomic E-state index is 16.5. The van der Waals surface area contributed by atoms with E-state index in [0.717, 1.165) is 5.56 Å². The molecule has 3 aliphatic rings. The molecule has 0 saturated carbocycles. The number of aliphatic hydroxyl groups is 1. The van der Waals surface area contributed by atoms with Crippen molar-refractivity contribution >= 4 is 43.0 Å². The highest BCUT2D eigenvalue weighted by Gasteiger charge is 2.67. The summed E-state index contributed by atoms with van der Waals surface area (Å²) in [5.41, 5.74) is 1.61. The smallest absolute Gasteiger partial charge is 0.269 e. The molecule has 8 rings (SSSR count). The van der Waals surface area contributed by atoms with Crippen LogP contribution in [0.1, 0.15) is 41.6 Å². The molecule has 5 aromatic rings. The van der Waals surface area contributed by atoms with Crippen LogP contribution >= 0.6 is 0 Å². The minimum absolute atomic E-state index is 0.0659. The van der Waals surface area contributed by atoms with E-state index in [1.807, 2.05) is 67.6 Å². The number of hydrogen-bond donors (Lipinski definition) is 1. The van der Waals surface area contributed by atoms with Gasteiger partial charge in [-0.15, -0.1) is 5.10 Å². The van der Waals surface area contributed by atoms with E-state index in [1.165, 1.54) is 12.1 Å². The predicted molar refractivity (Wildman–Crippen MR) is 208 cm³/mol. The van der Waals surface area contributed by atoms with Gasteiger partial charge in [-0.05, 0) is 61.0 Å². The highest BCUT2D eigenvalue weighted by Crippen LogP contribution is 2.60. The topological polar surface area (TPSA) is 153 Å². The summed E-state index contributed by atoms with van der Waals surface area (Å²) in [7, 11) is -3.54. The molecule has 0 radical (unpaired) electrons. The van der Waals surface area contributed by atoms with Crippen LogP contribution in [-0.4, -0.2) is 64.6 Å². The lowest BCUT2D eigenvalue weighted by Gasteiger charge is -2.31. The molecular weight excluding hydrogens is 736 g/mol. The van der Waals surface area contributed by atoms with E-state index >= 15 is 8.90 Å². The molecule has 1 aromatic heterocycles. The number of aromatic nitrogens is 3. The van der Waals surface area contributed by atoms with E-state index in [4.69, 9.17) is 9.47 Å². The van der Waals surface area contributed by atoms with Crippen LogP contribution in [0.2, 0.25) is 18.6 Å². The molecule has 1 fully saturated rings. The van der Waals surface area contributed by atoms with Gasteiger partial charge in [0.05, 0.1) is 47.2 Å². The molecule has 0 aliphatic carbocycles. The molecule has 1 saturated heterocycles. The van der Waals surface area contributed by atoms with E-state index in [9.17, 15) is 20.0 Å². The van der Waals surface area contributed by atoms with Crippen molar-refractivity contribution in [1.29, 1.82) is 0 Å². The second-order valence-electron chi connectivity index (χ2n) is 15.1. The lowest BCUT2D eigenvalue weighted by Crippen LogP contribution is -2.45. The Morgan fingerprint density at radius 2 is 1.79 bits per heavy atom. The summed E-state index contributed by atoms with van der Waals surface area (Å²) in [6.45, 7) is 5.09. The van der Waals surface area contributed by atoms with Gasteiger partial charge in [0.1, 0.15) is 5.75 Å². The molecular formula is C41H41FN6O7Si. The fourth-order valence-corrected chi connectivity index (χ4v) is 11.4. The normalized spacial score (nSPS) is 22.3. The number of carbonyl (C=O) groups is 2. The van der Waals surface area contributed by atoms with Crippen molar-refractivity contribution in [3.63, 3.8) is 0 Å². The quantitative estimate of drug-likeness (QED) is 0.0662. The summed E-state index contributed by atoms with van der Waals surface area (Å²) >= 11 is 0. The minimum Gasteiger partial charge on any atom is -0.482 e. The molecule has 4 aromatic carbocycles. The van der Waals surface area contributed by atoms with E-state index in [0.29, 0.717) is 52.6 Å². The number of para-hydroxylation sites is 2. The van der Waals surface area contributed by atoms with Crippen LogP contribution < -0.4 is 14.5 Å². The number of nitro groups is 1. The van der Waals surface area contributed by atoms with Crippen molar-refractivity contribution in [2.24, 2.45) is 5.92 Å². The summed E-state index contributed by atoms with van der Waals surface area (Å²) in [6.07, 6.45) is 1.33. The molecule has 0 bridgehead atoms. The summed E-state index contributed by atoms with van der Waals surface area (Å²) < 4.78 is 30.7. The Balaban J connectivity index is 1.11. The fraction of sp³-hybridized carbons (Fsp3) is 0.317. The van der Waals surface area contributed by atoms with Gasteiger partial charge in [-0.1, -0.05) is 66.7 Å². The number of aliphatic hydroxyl groups excluding tert-OH is 1. The Bertz CT molecular complexity index is 2320. The summed E-state index contributed by atoms with van der Waals surface area (Å²) in [5.74, 6) is -1.15. The van der Waals surface area contributed by atoms with Gasteiger partial charge in [-0.2, -0.15) is 0 Å². The van der Waals surface area contributed by atoms with E-state index < -0.39 is 42.4 Å². The van der Waals surface area contributed by atoms with Crippen molar-refractivity contribution in [3.05, 3.63) is 136 Å². The highest BCUT2D eigenvalue weighted by atomic mass is 28.4. The van der Waals surface area contributed by atoms with Gasteiger partial charge in [0.2, 0.25) is 8.41 Å². The SMILES string of the molecule is C[C@H]1[C@H]([Si](C)(C)F)[C@@H](CCn2cc(C(CO)c3ccccc3)nn2)O[C@]12C(=O)N(Cc1cccc(N3C(=O)COc4ccccc43)c1)c1ccc([N+](=O)[O-])cc12. The number of nitrogens with zero attached hydrogens (tertiary/aromatic N) is 6. The third-order valence-corrected chi connectivity index (χ3v) is 13.8. The minimum atomic E-state index is -3.54. The average Bonchev–Trinajstić information content (AvgIpc) is 3.84. The fourth-order valence-electron chi connectivity index (χ4n) is 8.83. The van der Waals surface area contributed by atoms with Crippen LogP contribution in [0.25, 0.3) is 0 Å². The first kappa shape index (κ1) is 37.2. The number of nitro benzene ring substituents is 1. The summed E-state index contributed by atoms with van der Waals surface area (Å²) in [6, 6.07) is 28.3. The largest absolute Gasteiger partial charge is 0.482 e. The number of rotatable bonds is 11. The van der Waals surface area contributed by atoms with Gasteiger partial charge >= 0.3 is 0 Å². The zero-order valence-electron chi connectivity index (χ0n) is 31.1. The number of aryl methyl sites for hydroxylation is 1. The Labute approximate surface area is 323 Å². The van der Waals surface area contributed by atoms with Gasteiger partial charge in [0.25, 0.3) is 17.5 Å². The molecule has 1 unspecified atom stereocenters. The Hall–Kier alpha value is -5.77. The molecule has 56 heavy (non-hydrogen) atoms. The number of carbonyl (C=O) groups excluding carboxylic acids is 2. The van der Waals surface area contributed by atoms with Gasteiger partial charge in [0.15, 0.2) is 12.2 Å². The number of fused-ring (bicyclic) bond motifs is 3. The number of benzene rings is 4. The molecule has 2 amide bonds. The predicted octanol–water partition coefficient (Wildman–Crippen LogP) is 6.78. The number of anilines is 3. The Morgan fingerprint density at radius 3 is 2.54 bits per heavy atom. The second-order valence-corrected chi connectivity index (χ2v) is 18.9. The number of halogens is 1. The average molecular weight is 777 g/mol. The highest BCUT2D eigenvalue weighted by molar-refractivity contribution is 6.72. The molecule has 1 spiro atoms. The second kappa shape index (κ2) is 14.4. The van der Waals surface area contributed by atoms with Crippen LogP contribution in [0.4, 0.5) is 26.9 Å². The first-order valence-corrected chi connectivity index (χ1v) is 21.5. The molecule has 5 atom stereocenters. The molecule has 13 nitrogen and oxygen atoms in total. The van der Waals surface area contributed by atoms with E-state index in [1.54, 1.807) is 58.0 Å². The molecule has 4 heterocycles. The standard InChI is InChI=1S/C41H41FN6O7Si/c1-26-39(56(2,3)42)37(18-19-45-23-33(43-44-45)31(24-49)28-11-5-4-6-12-28)55-41(26)32-21-30(48(52)53)16-17-34(32)46(40(41)51)22-27-10-9-13-29(20-27)47-35-14-7-8-15-36(35)54-25-38(47)50/h4-17,20-21,23,26,31,37,39,49H,18-19,22,24-25H2,1-3H3/t26-,31?,37+,39-,41+/m0/s1. The zero-order valence-corrected chi connectivity index (χ0v) is 32.1. The van der Waals surface area contributed by atoms with Gasteiger partial charge in [-0.3, -0.25) is 29.3 Å². The van der Waals surface area contributed by atoms with E-state index in [-0.39, 0.29) is 37.3 Å². The maximum Gasteiger partial charge on any atom is 0.269 e. The van der Waals surface area contributed by atoms with Crippen LogP contribution in [0.3, 0.4) is 0 Å². The number of non-ortho nitro benzene ring substituents is 1. The van der Waals surface area contributed by atoms with Crippen LogP contribution in [-0.2, 0) is 33.0 Å². The lowest BCUT2D eigenvalue weighted by molar-refractivity contribution is -0.385. The number of amides is 2. The van der Waals surface area contributed by atoms with Crippen molar-refractivity contribution in [1.82, 2.24) is 15.0 Å². The molecule has 15 heteroatoms. The first-order chi connectivity index (χ1) is 26.9. The van der Waals surface area contributed by atoms with Crippen LogP contribution in [0, 0.1) is 16.0 Å². The van der Waals surface area contributed by atoms with Crippen molar-refractivity contribution in [3.8, 4) is 5.75 Å². The molecule has 3 aliphatic heterocycles. The monoisotopic (exact) mass is 776 g/mol. The third-order valence-electron chi connectivity index (χ3n) is 11.3. The van der Waals surface area contributed by atoms with Gasteiger partial charge < -0.3 is 23.6 Å². The third kappa shape index (κ3) is 6.34. The van der Waals surface area contributed by atoms with Crippen molar-refractivity contribution in [2.45, 2.75) is 62.7 Å². The maximum atomic E-state index is 16.5. The molecule has 288 valence electrons. The molecule has 1 N–H and O–H groups in total. The lowest BCUT2D eigenvalue weighted by atomic mass is 9.82. The number of hydrogen-bond acceptors (Lipinski definition) is 9.